The quantitative estimate of drug-likeness (QED) is 0.642. The molecule has 0 bridgehead atoms. The molecule has 1 fully saturated rings. The zero-order chi connectivity index (χ0) is 16.2. The Kier molecular flexibility index (Phi) is 9.82. The van der Waals surface area contributed by atoms with Gasteiger partial charge in [-0.3, -0.25) is 14.5 Å². The fourth-order valence-electron chi connectivity index (χ4n) is 2.38. The van der Waals surface area contributed by atoms with Crippen LogP contribution in [0.5, 0.6) is 0 Å². The molecule has 22 heavy (non-hydrogen) atoms. The summed E-state index contributed by atoms with van der Waals surface area (Å²) in [6.07, 6.45) is 3.93. The van der Waals surface area contributed by atoms with E-state index < -0.39 is 5.91 Å². The molecular formula is C16H31N3O3. The number of nitrogens with one attached hydrogen (secondary N) is 1. The van der Waals surface area contributed by atoms with Crippen molar-refractivity contribution in [3.63, 3.8) is 0 Å². The van der Waals surface area contributed by atoms with E-state index in [-0.39, 0.29) is 5.91 Å². The fourth-order valence-corrected chi connectivity index (χ4v) is 2.38. The molecule has 1 rings (SSSR count). The van der Waals surface area contributed by atoms with Gasteiger partial charge in [0.1, 0.15) is 0 Å². The van der Waals surface area contributed by atoms with Crippen LogP contribution in [-0.4, -0.2) is 74.1 Å². The van der Waals surface area contributed by atoms with E-state index in [1.54, 1.807) is 4.90 Å². The molecule has 0 aromatic rings. The van der Waals surface area contributed by atoms with Crippen molar-refractivity contribution in [3.8, 4) is 0 Å². The molecule has 1 saturated heterocycles. The van der Waals surface area contributed by atoms with Gasteiger partial charge in [-0.15, -0.1) is 0 Å². The highest BCUT2D eigenvalue weighted by molar-refractivity contribution is 6.35. The number of ether oxygens (including phenoxy) is 1. The Morgan fingerprint density at radius 1 is 1.09 bits per heavy atom. The van der Waals surface area contributed by atoms with E-state index in [0.29, 0.717) is 19.6 Å². The van der Waals surface area contributed by atoms with Gasteiger partial charge in [-0.25, -0.2) is 0 Å². The first kappa shape index (κ1) is 18.9. The number of rotatable bonds is 9. The summed E-state index contributed by atoms with van der Waals surface area (Å²) in [6.45, 7) is 10.1. The predicted molar refractivity (Wildman–Crippen MR) is 86.7 cm³/mol. The second-order valence-electron chi connectivity index (χ2n) is 5.71. The van der Waals surface area contributed by atoms with Crippen molar-refractivity contribution in [2.75, 3.05) is 52.5 Å². The minimum absolute atomic E-state index is 0.385. The van der Waals surface area contributed by atoms with Crippen LogP contribution in [0, 0.1) is 0 Å². The molecule has 2 amide bonds. The highest BCUT2D eigenvalue weighted by Crippen LogP contribution is 2.00. The number of morpholine rings is 1. The third-order valence-electron chi connectivity index (χ3n) is 3.86. The summed E-state index contributed by atoms with van der Waals surface area (Å²) < 4.78 is 5.28. The molecule has 1 aliphatic rings. The van der Waals surface area contributed by atoms with Crippen molar-refractivity contribution < 1.29 is 14.3 Å². The largest absolute Gasteiger partial charge is 0.379 e. The van der Waals surface area contributed by atoms with Gasteiger partial charge in [0.25, 0.3) is 0 Å². The van der Waals surface area contributed by atoms with Crippen LogP contribution in [0.2, 0.25) is 0 Å². The van der Waals surface area contributed by atoms with Gasteiger partial charge in [-0.2, -0.15) is 0 Å². The summed E-state index contributed by atoms with van der Waals surface area (Å²) in [7, 11) is 0. The van der Waals surface area contributed by atoms with Crippen LogP contribution in [-0.2, 0) is 14.3 Å². The number of hydrogen-bond acceptors (Lipinski definition) is 4. The van der Waals surface area contributed by atoms with Crippen LogP contribution in [0.1, 0.15) is 39.5 Å². The van der Waals surface area contributed by atoms with Gasteiger partial charge in [-0.1, -0.05) is 26.7 Å². The van der Waals surface area contributed by atoms with Crippen molar-refractivity contribution in [2.24, 2.45) is 0 Å². The van der Waals surface area contributed by atoms with Gasteiger partial charge >= 0.3 is 11.8 Å². The van der Waals surface area contributed by atoms with E-state index >= 15 is 0 Å². The number of amides is 2. The molecule has 6 heteroatoms. The molecule has 0 atom stereocenters. The lowest BCUT2D eigenvalue weighted by molar-refractivity contribution is -0.146. The molecule has 0 unspecified atom stereocenters. The van der Waals surface area contributed by atoms with Gasteiger partial charge < -0.3 is 15.0 Å². The first-order chi connectivity index (χ1) is 10.7. The Hall–Kier alpha value is -1.14. The molecule has 1 aliphatic heterocycles. The maximum absolute atomic E-state index is 12.2. The highest BCUT2D eigenvalue weighted by atomic mass is 16.5. The molecule has 0 saturated carbocycles. The summed E-state index contributed by atoms with van der Waals surface area (Å²) in [5.74, 6) is -0.857. The average molecular weight is 313 g/mol. The topological polar surface area (TPSA) is 61.9 Å². The van der Waals surface area contributed by atoms with E-state index in [0.717, 1.165) is 58.5 Å². The number of unbranched alkanes of at least 4 members (excludes halogenated alkanes) is 2. The molecule has 0 spiro atoms. The monoisotopic (exact) mass is 313 g/mol. The molecule has 0 radical (unpaired) electrons. The summed E-state index contributed by atoms with van der Waals surface area (Å²) in [6, 6.07) is 0. The minimum atomic E-state index is -0.472. The van der Waals surface area contributed by atoms with Crippen LogP contribution < -0.4 is 5.32 Å². The third kappa shape index (κ3) is 7.22. The van der Waals surface area contributed by atoms with E-state index in [2.05, 4.69) is 24.1 Å². The predicted octanol–water partition coefficient (Wildman–Crippen LogP) is 0.864. The minimum Gasteiger partial charge on any atom is -0.379 e. The lowest BCUT2D eigenvalue weighted by atomic mass is 10.2. The molecule has 0 aromatic heterocycles. The molecule has 1 heterocycles. The lowest BCUT2D eigenvalue weighted by Gasteiger charge is -2.26. The maximum atomic E-state index is 12.2. The lowest BCUT2D eigenvalue weighted by Crippen LogP contribution is -2.46. The number of carbonyl (C=O) groups is 2. The molecule has 128 valence electrons. The maximum Gasteiger partial charge on any atom is 0.311 e. The van der Waals surface area contributed by atoms with Gasteiger partial charge in [0.15, 0.2) is 0 Å². The summed E-state index contributed by atoms with van der Waals surface area (Å²) in [5.41, 5.74) is 0. The smallest absolute Gasteiger partial charge is 0.311 e. The first-order valence-corrected chi connectivity index (χ1v) is 8.56. The summed E-state index contributed by atoms with van der Waals surface area (Å²) >= 11 is 0. The van der Waals surface area contributed by atoms with E-state index in [1.165, 1.54) is 0 Å². The molecule has 0 aromatic carbocycles. The van der Waals surface area contributed by atoms with Gasteiger partial charge in [0, 0.05) is 39.3 Å². The Morgan fingerprint density at radius 3 is 2.23 bits per heavy atom. The Balaban J connectivity index is 2.31. The van der Waals surface area contributed by atoms with Crippen LogP contribution >= 0.6 is 0 Å². The zero-order valence-electron chi connectivity index (χ0n) is 14.1. The summed E-state index contributed by atoms with van der Waals surface area (Å²) in [4.78, 5) is 28.2. The Labute approximate surface area is 134 Å². The zero-order valence-corrected chi connectivity index (χ0v) is 14.1. The van der Waals surface area contributed by atoms with Crippen LogP contribution in [0.4, 0.5) is 0 Å². The van der Waals surface area contributed by atoms with Gasteiger partial charge in [-0.05, 0) is 12.8 Å². The van der Waals surface area contributed by atoms with E-state index in [1.807, 2.05) is 0 Å². The van der Waals surface area contributed by atoms with Crippen molar-refractivity contribution in [2.45, 2.75) is 39.5 Å². The van der Waals surface area contributed by atoms with Crippen LogP contribution in [0.3, 0.4) is 0 Å². The standard InChI is InChI=1S/C16H31N3O3/c1-3-5-8-19(9-6-4-2)16(21)15(20)17-7-10-18-11-13-22-14-12-18/h3-14H2,1-2H3,(H,17,20). The normalized spacial score (nSPS) is 15.5. The van der Waals surface area contributed by atoms with Gasteiger partial charge in [0.05, 0.1) is 13.2 Å². The fraction of sp³-hybridized carbons (Fsp3) is 0.875. The average Bonchev–Trinajstić information content (AvgIpc) is 2.55. The molecule has 1 N–H and O–H groups in total. The summed E-state index contributed by atoms with van der Waals surface area (Å²) in [5, 5.41) is 2.75. The van der Waals surface area contributed by atoms with Crippen molar-refractivity contribution in [1.82, 2.24) is 15.1 Å². The Bertz CT molecular complexity index is 323. The second-order valence-corrected chi connectivity index (χ2v) is 5.71. The van der Waals surface area contributed by atoms with Gasteiger partial charge in [0.2, 0.25) is 0 Å². The van der Waals surface area contributed by atoms with Crippen molar-refractivity contribution in [3.05, 3.63) is 0 Å². The van der Waals surface area contributed by atoms with Crippen molar-refractivity contribution >= 4 is 11.8 Å². The first-order valence-electron chi connectivity index (χ1n) is 8.56. The van der Waals surface area contributed by atoms with Crippen LogP contribution in [0.15, 0.2) is 0 Å². The number of hydrogen-bond donors (Lipinski definition) is 1. The SMILES string of the molecule is CCCCN(CCCC)C(=O)C(=O)NCCN1CCOCC1. The van der Waals surface area contributed by atoms with Crippen LogP contribution in [0.25, 0.3) is 0 Å². The van der Waals surface area contributed by atoms with E-state index in [9.17, 15) is 9.59 Å². The third-order valence-corrected chi connectivity index (χ3v) is 3.86. The molecular weight excluding hydrogens is 282 g/mol. The number of nitrogens with zero attached hydrogens (tertiary/aromatic N) is 2. The Morgan fingerprint density at radius 2 is 1.68 bits per heavy atom. The second kappa shape index (κ2) is 11.4. The molecule has 0 aliphatic carbocycles. The van der Waals surface area contributed by atoms with E-state index in [4.69, 9.17) is 4.74 Å². The number of carbonyl (C=O) groups excluding carboxylic acids is 2. The van der Waals surface area contributed by atoms with Crippen molar-refractivity contribution in [1.29, 1.82) is 0 Å². The highest BCUT2D eigenvalue weighted by Gasteiger charge is 2.21. The molecule has 6 nitrogen and oxygen atoms in total.